The number of rotatable bonds is 6. The number of hydrogen-bond acceptors (Lipinski definition) is 3. The molecule has 0 fully saturated rings. The first kappa shape index (κ1) is 11.2. The molecule has 0 radical (unpaired) electrons. The van der Waals surface area contributed by atoms with Crippen LogP contribution in [0.2, 0.25) is 0 Å². The first-order valence-electron chi connectivity index (χ1n) is 4.75. The van der Waals surface area contributed by atoms with Gasteiger partial charge >= 0.3 is 0 Å². The zero-order chi connectivity index (χ0) is 10.2. The summed E-state index contributed by atoms with van der Waals surface area (Å²) < 4.78 is 0. The van der Waals surface area contributed by atoms with E-state index < -0.39 is 0 Å². The summed E-state index contributed by atoms with van der Waals surface area (Å²) in [5.41, 5.74) is 1.32. The van der Waals surface area contributed by atoms with E-state index >= 15 is 0 Å². The van der Waals surface area contributed by atoms with Gasteiger partial charge in [0.05, 0.1) is 0 Å². The van der Waals surface area contributed by atoms with E-state index in [1.54, 1.807) is 6.92 Å². The maximum Gasteiger partial charge on any atom is 0.130 e. The minimum Gasteiger partial charge on any atom is -0.300 e. The van der Waals surface area contributed by atoms with E-state index in [4.69, 9.17) is 0 Å². The Kier molecular flexibility index (Phi) is 5.30. The zero-order valence-corrected chi connectivity index (χ0v) is 9.22. The molecule has 0 N–H and O–H groups in total. The highest BCUT2D eigenvalue weighted by molar-refractivity contribution is 7.99. The van der Waals surface area contributed by atoms with Crippen molar-refractivity contribution in [3.05, 3.63) is 30.1 Å². The van der Waals surface area contributed by atoms with E-state index in [0.717, 1.165) is 17.9 Å². The normalized spacial score (nSPS) is 10.1. The summed E-state index contributed by atoms with van der Waals surface area (Å²) in [7, 11) is 0. The number of Topliss-reactive ketones (excluding diaryl/α,β-unsaturated/α-hetero) is 1. The Balaban J connectivity index is 2.08. The Hall–Kier alpha value is -0.830. The molecule has 0 atom stereocenters. The molecule has 0 aromatic carbocycles. The van der Waals surface area contributed by atoms with Crippen molar-refractivity contribution in [2.75, 3.05) is 11.5 Å². The molecule has 76 valence electrons. The van der Waals surface area contributed by atoms with Gasteiger partial charge in [-0.05, 0) is 36.8 Å². The van der Waals surface area contributed by atoms with Gasteiger partial charge in [0.25, 0.3) is 0 Å². The van der Waals surface area contributed by atoms with Crippen LogP contribution in [0.4, 0.5) is 0 Å². The smallest absolute Gasteiger partial charge is 0.130 e. The molecule has 0 saturated carbocycles. The molecule has 1 heterocycles. The summed E-state index contributed by atoms with van der Waals surface area (Å²) in [6.07, 6.45) is 5.39. The molecule has 0 unspecified atom stereocenters. The fourth-order valence-electron chi connectivity index (χ4n) is 1.06. The number of pyridine rings is 1. The van der Waals surface area contributed by atoms with Gasteiger partial charge in [-0.1, -0.05) is 0 Å². The van der Waals surface area contributed by atoms with Gasteiger partial charge < -0.3 is 0 Å². The highest BCUT2D eigenvalue weighted by Gasteiger charge is 1.95. The van der Waals surface area contributed by atoms with Crippen LogP contribution in [0.1, 0.15) is 18.9 Å². The van der Waals surface area contributed by atoms with Crippen LogP contribution >= 0.6 is 11.8 Å². The fourth-order valence-corrected chi connectivity index (χ4v) is 2.07. The predicted molar refractivity (Wildman–Crippen MR) is 60.6 cm³/mol. The van der Waals surface area contributed by atoms with E-state index in [-0.39, 0.29) is 5.78 Å². The van der Waals surface area contributed by atoms with Gasteiger partial charge in [0.2, 0.25) is 0 Å². The quantitative estimate of drug-likeness (QED) is 0.674. The van der Waals surface area contributed by atoms with Gasteiger partial charge in [-0.25, -0.2) is 0 Å². The Labute approximate surface area is 89.1 Å². The lowest BCUT2D eigenvalue weighted by Crippen LogP contribution is -1.94. The molecule has 0 saturated heterocycles. The van der Waals surface area contributed by atoms with E-state index in [1.807, 2.05) is 36.3 Å². The highest BCUT2D eigenvalue weighted by Crippen LogP contribution is 2.07. The van der Waals surface area contributed by atoms with Crippen LogP contribution in [-0.4, -0.2) is 22.3 Å². The van der Waals surface area contributed by atoms with Crippen molar-refractivity contribution in [3.8, 4) is 0 Å². The number of nitrogens with zero attached hydrogens (tertiary/aromatic N) is 1. The predicted octanol–water partition coefficient (Wildman–Crippen LogP) is 2.34. The third kappa shape index (κ3) is 5.02. The number of aromatic nitrogens is 1. The monoisotopic (exact) mass is 209 g/mol. The van der Waals surface area contributed by atoms with Crippen molar-refractivity contribution in [2.45, 2.75) is 19.8 Å². The Morgan fingerprint density at radius 3 is 2.71 bits per heavy atom. The zero-order valence-electron chi connectivity index (χ0n) is 8.40. The summed E-state index contributed by atoms with van der Waals surface area (Å²) >= 11 is 1.84. The lowest BCUT2D eigenvalue weighted by Gasteiger charge is -2.00. The molecule has 0 bridgehead atoms. The highest BCUT2D eigenvalue weighted by atomic mass is 32.2. The molecule has 0 aliphatic heterocycles. The van der Waals surface area contributed by atoms with Gasteiger partial charge in [-0.3, -0.25) is 9.78 Å². The second-order valence-corrected chi connectivity index (χ2v) is 4.39. The van der Waals surface area contributed by atoms with Gasteiger partial charge in [0.1, 0.15) is 5.78 Å². The van der Waals surface area contributed by atoms with Crippen molar-refractivity contribution >= 4 is 17.5 Å². The van der Waals surface area contributed by atoms with Crippen LogP contribution in [0.3, 0.4) is 0 Å². The molecular formula is C11H15NOS. The first-order chi connectivity index (χ1) is 6.79. The minimum absolute atomic E-state index is 0.279. The van der Waals surface area contributed by atoms with E-state index in [9.17, 15) is 4.79 Å². The molecule has 14 heavy (non-hydrogen) atoms. The van der Waals surface area contributed by atoms with Gasteiger partial charge in [-0.2, -0.15) is 11.8 Å². The van der Waals surface area contributed by atoms with Crippen molar-refractivity contribution in [1.82, 2.24) is 4.98 Å². The molecular weight excluding hydrogens is 194 g/mol. The molecule has 1 rings (SSSR count). The molecule has 0 aliphatic rings. The maximum atomic E-state index is 10.7. The number of carbonyl (C=O) groups is 1. The largest absolute Gasteiger partial charge is 0.300 e. The van der Waals surface area contributed by atoms with Crippen molar-refractivity contribution in [1.29, 1.82) is 0 Å². The fraction of sp³-hybridized carbons (Fsp3) is 0.455. The number of aryl methyl sites for hydroxylation is 1. The molecule has 0 aliphatic carbocycles. The number of carbonyl (C=O) groups excluding carboxylic acids is 1. The number of ketones is 1. The molecule has 1 aromatic rings. The van der Waals surface area contributed by atoms with Gasteiger partial charge in [0.15, 0.2) is 0 Å². The van der Waals surface area contributed by atoms with Gasteiger partial charge in [0, 0.05) is 24.6 Å². The second kappa shape index (κ2) is 6.60. The Morgan fingerprint density at radius 2 is 2.07 bits per heavy atom. The molecule has 0 amide bonds. The summed E-state index contributed by atoms with van der Waals surface area (Å²) in [6.45, 7) is 1.64. The first-order valence-corrected chi connectivity index (χ1v) is 5.90. The van der Waals surface area contributed by atoms with Crippen molar-refractivity contribution in [2.24, 2.45) is 0 Å². The lowest BCUT2D eigenvalue weighted by atomic mass is 10.2. The van der Waals surface area contributed by atoms with E-state index in [2.05, 4.69) is 4.98 Å². The van der Waals surface area contributed by atoms with Crippen LogP contribution in [0.15, 0.2) is 24.5 Å². The van der Waals surface area contributed by atoms with Crippen LogP contribution in [0.5, 0.6) is 0 Å². The summed E-state index contributed by atoms with van der Waals surface area (Å²) in [4.78, 5) is 14.6. The minimum atomic E-state index is 0.279. The molecule has 2 nitrogen and oxygen atoms in total. The SMILES string of the molecule is CC(=O)CCSCCc1ccncc1. The van der Waals surface area contributed by atoms with Crippen LogP contribution < -0.4 is 0 Å². The Morgan fingerprint density at radius 1 is 1.36 bits per heavy atom. The number of hydrogen-bond donors (Lipinski definition) is 0. The second-order valence-electron chi connectivity index (χ2n) is 3.17. The average Bonchev–Trinajstić information content (AvgIpc) is 2.18. The average molecular weight is 209 g/mol. The third-order valence-corrected chi connectivity index (χ3v) is 2.87. The van der Waals surface area contributed by atoms with Crippen molar-refractivity contribution < 1.29 is 4.79 Å². The maximum absolute atomic E-state index is 10.7. The number of thioether (sulfide) groups is 1. The molecule has 0 spiro atoms. The van der Waals surface area contributed by atoms with Crippen molar-refractivity contribution in [3.63, 3.8) is 0 Å². The standard InChI is InChI=1S/C11H15NOS/c1-10(13)4-8-14-9-5-11-2-6-12-7-3-11/h2-3,6-7H,4-5,8-9H2,1H3. The molecule has 1 aromatic heterocycles. The lowest BCUT2D eigenvalue weighted by molar-refractivity contribution is -0.116. The van der Waals surface area contributed by atoms with E-state index in [1.165, 1.54) is 5.56 Å². The van der Waals surface area contributed by atoms with E-state index in [0.29, 0.717) is 6.42 Å². The summed E-state index contributed by atoms with van der Waals surface area (Å²) in [5, 5.41) is 0. The van der Waals surface area contributed by atoms with Crippen LogP contribution in [-0.2, 0) is 11.2 Å². The molecule has 3 heteroatoms. The summed E-state index contributed by atoms with van der Waals surface area (Å²) in [5.74, 6) is 2.30. The van der Waals surface area contributed by atoms with Crippen LogP contribution in [0.25, 0.3) is 0 Å². The Bertz CT molecular complexity index is 274. The third-order valence-electron chi connectivity index (χ3n) is 1.88. The van der Waals surface area contributed by atoms with Crippen LogP contribution in [0, 0.1) is 0 Å². The topological polar surface area (TPSA) is 30.0 Å². The van der Waals surface area contributed by atoms with Gasteiger partial charge in [-0.15, -0.1) is 0 Å². The summed E-state index contributed by atoms with van der Waals surface area (Å²) in [6, 6.07) is 4.07.